The van der Waals surface area contributed by atoms with E-state index in [9.17, 15) is 24.0 Å². The molecule has 0 radical (unpaired) electrons. The number of hydrogen-bond acceptors (Lipinski definition) is 6. The van der Waals surface area contributed by atoms with E-state index in [1.54, 1.807) is 32.0 Å². The second-order valence-electron chi connectivity index (χ2n) is 9.17. The number of hydrogen-bond donors (Lipinski definition) is 3. The average Bonchev–Trinajstić information content (AvgIpc) is 3.08. The summed E-state index contributed by atoms with van der Waals surface area (Å²) >= 11 is 0. The number of rotatable bonds is 9. The Hall–Kier alpha value is -3.88. The van der Waals surface area contributed by atoms with Gasteiger partial charge in [-0.15, -0.1) is 0 Å². The van der Waals surface area contributed by atoms with Gasteiger partial charge in [0, 0.05) is 6.20 Å². The number of nitrogens with one attached hydrogen (secondary N) is 3. The van der Waals surface area contributed by atoms with Crippen molar-refractivity contribution in [1.82, 2.24) is 20.9 Å². The molecule has 35 heavy (non-hydrogen) atoms. The van der Waals surface area contributed by atoms with E-state index < -0.39 is 53.3 Å². The Morgan fingerprint density at radius 1 is 1.00 bits per heavy atom. The maximum Gasteiger partial charge on any atom is 0.270 e. The van der Waals surface area contributed by atoms with Crippen molar-refractivity contribution in [2.45, 2.75) is 46.2 Å². The van der Waals surface area contributed by atoms with Crippen molar-refractivity contribution < 1.29 is 24.0 Å². The molecule has 1 fully saturated rings. The topological polar surface area (TPSA) is 134 Å². The first-order valence-corrected chi connectivity index (χ1v) is 11.5. The number of ketones is 1. The monoisotopic (exact) mass is 478 g/mol. The molecule has 9 heteroatoms. The summed E-state index contributed by atoms with van der Waals surface area (Å²) in [5.41, 5.74) is 1.96. The molecule has 9 nitrogen and oxygen atoms in total. The summed E-state index contributed by atoms with van der Waals surface area (Å²) in [4.78, 5) is 67.0. The van der Waals surface area contributed by atoms with Crippen molar-refractivity contribution in [3.05, 3.63) is 65.5 Å². The highest BCUT2D eigenvalue weighted by Gasteiger charge is 2.46. The van der Waals surface area contributed by atoms with Gasteiger partial charge in [0.15, 0.2) is 5.78 Å². The Bertz CT molecular complexity index is 1110. The van der Waals surface area contributed by atoms with Gasteiger partial charge in [0.2, 0.25) is 17.7 Å². The van der Waals surface area contributed by atoms with Gasteiger partial charge in [-0.3, -0.25) is 34.3 Å². The molecule has 1 aliphatic rings. The van der Waals surface area contributed by atoms with Gasteiger partial charge in [0.05, 0.1) is 24.4 Å². The van der Waals surface area contributed by atoms with E-state index in [0.717, 1.165) is 11.1 Å². The van der Waals surface area contributed by atoms with Crippen LogP contribution in [0.25, 0.3) is 0 Å². The highest BCUT2D eigenvalue weighted by Crippen LogP contribution is 2.24. The molecule has 0 saturated carbocycles. The molecular weight excluding hydrogens is 448 g/mol. The zero-order valence-corrected chi connectivity index (χ0v) is 20.2. The Morgan fingerprint density at radius 3 is 2.23 bits per heavy atom. The molecule has 4 atom stereocenters. The van der Waals surface area contributed by atoms with Crippen LogP contribution in [0, 0.1) is 24.7 Å². The standard InChI is InChI=1S/C26H30N4O5/c1-14(2)22(23(32)21-16(4)24(33)30-26(21)35)29-20(31)13-19(17-10-8-15(3)9-11-17)28-25(34)18-7-5-6-12-27-18/h5-12,14,16,19,21-22H,13H2,1-4H3,(H,28,34)(H,29,31)(H,30,33,35)/t16-,19?,21+,22+/m0/s1. The predicted molar refractivity (Wildman–Crippen MR) is 128 cm³/mol. The summed E-state index contributed by atoms with van der Waals surface area (Å²) < 4.78 is 0. The molecule has 0 aliphatic carbocycles. The minimum absolute atomic E-state index is 0.135. The van der Waals surface area contributed by atoms with Crippen LogP contribution in [0.5, 0.6) is 0 Å². The molecule has 3 N–H and O–H groups in total. The number of nitrogens with zero attached hydrogens (tertiary/aromatic N) is 1. The lowest BCUT2D eigenvalue weighted by molar-refractivity contribution is -0.137. The maximum atomic E-state index is 13.1. The lowest BCUT2D eigenvalue weighted by Gasteiger charge is -2.26. The number of aryl methyl sites for hydroxylation is 1. The number of benzene rings is 1. The fourth-order valence-electron chi connectivity index (χ4n) is 4.02. The smallest absolute Gasteiger partial charge is 0.270 e. The molecule has 1 unspecified atom stereocenters. The van der Waals surface area contributed by atoms with E-state index in [1.165, 1.54) is 13.1 Å². The van der Waals surface area contributed by atoms with E-state index in [4.69, 9.17) is 0 Å². The van der Waals surface area contributed by atoms with Crippen LogP contribution in [-0.4, -0.2) is 40.4 Å². The first kappa shape index (κ1) is 25.7. The summed E-state index contributed by atoms with van der Waals surface area (Å²) in [7, 11) is 0. The molecule has 1 aromatic carbocycles. The van der Waals surface area contributed by atoms with Crippen LogP contribution < -0.4 is 16.0 Å². The van der Waals surface area contributed by atoms with Gasteiger partial charge in [-0.05, 0) is 30.5 Å². The summed E-state index contributed by atoms with van der Waals surface area (Å²) in [6.07, 6.45) is 1.37. The Morgan fingerprint density at radius 2 is 1.69 bits per heavy atom. The second kappa shape index (κ2) is 11.0. The molecule has 1 saturated heterocycles. The largest absolute Gasteiger partial charge is 0.346 e. The maximum absolute atomic E-state index is 13.1. The highest BCUT2D eigenvalue weighted by atomic mass is 16.2. The van der Waals surface area contributed by atoms with Crippen LogP contribution in [0.4, 0.5) is 0 Å². The van der Waals surface area contributed by atoms with Crippen molar-refractivity contribution in [1.29, 1.82) is 0 Å². The summed E-state index contributed by atoms with van der Waals surface area (Å²) in [5, 5.41) is 7.75. The van der Waals surface area contributed by atoms with E-state index in [2.05, 4.69) is 20.9 Å². The first-order valence-electron chi connectivity index (χ1n) is 11.5. The quantitative estimate of drug-likeness (QED) is 0.372. The predicted octanol–water partition coefficient (Wildman–Crippen LogP) is 1.87. The van der Waals surface area contributed by atoms with Crippen molar-refractivity contribution in [3.63, 3.8) is 0 Å². The number of carbonyl (C=O) groups excluding carboxylic acids is 5. The number of pyridine rings is 1. The van der Waals surface area contributed by atoms with Crippen molar-refractivity contribution in [2.75, 3.05) is 0 Å². The highest BCUT2D eigenvalue weighted by molar-refractivity contribution is 6.16. The lowest BCUT2D eigenvalue weighted by atomic mass is 9.85. The van der Waals surface area contributed by atoms with Crippen LogP contribution in [0.15, 0.2) is 48.7 Å². The molecule has 3 rings (SSSR count). The Kier molecular flexibility index (Phi) is 8.11. The minimum atomic E-state index is -1.15. The SMILES string of the molecule is Cc1ccc(C(CC(=O)N[C@@H](C(=O)[C@@H]2C(=O)NC(=O)[C@H]2C)C(C)C)NC(=O)c2ccccn2)cc1. The number of aromatic nitrogens is 1. The molecule has 0 spiro atoms. The molecule has 2 aromatic rings. The third kappa shape index (κ3) is 6.17. The zero-order valence-electron chi connectivity index (χ0n) is 20.2. The first-order chi connectivity index (χ1) is 16.6. The van der Waals surface area contributed by atoms with Gasteiger partial charge in [0.25, 0.3) is 5.91 Å². The van der Waals surface area contributed by atoms with Gasteiger partial charge in [-0.25, -0.2) is 0 Å². The van der Waals surface area contributed by atoms with E-state index >= 15 is 0 Å². The van der Waals surface area contributed by atoms with Crippen molar-refractivity contribution in [3.8, 4) is 0 Å². The lowest BCUT2D eigenvalue weighted by Crippen LogP contribution is -2.49. The molecule has 1 aliphatic heterocycles. The van der Waals surface area contributed by atoms with Crippen molar-refractivity contribution in [2.24, 2.45) is 17.8 Å². The molecule has 184 valence electrons. The van der Waals surface area contributed by atoms with Crippen LogP contribution in [0.1, 0.15) is 54.8 Å². The zero-order chi connectivity index (χ0) is 25.7. The Balaban J connectivity index is 1.78. The molecule has 2 heterocycles. The third-order valence-electron chi connectivity index (χ3n) is 6.11. The number of Topliss-reactive ketones (excluding diaryl/α,β-unsaturated/α-hetero) is 1. The van der Waals surface area contributed by atoms with Gasteiger partial charge >= 0.3 is 0 Å². The molecule has 1 aromatic heterocycles. The molecule has 0 bridgehead atoms. The number of imide groups is 1. The van der Waals surface area contributed by atoms with Gasteiger partial charge in [0.1, 0.15) is 11.6 Å². The van der Waals surface area contributed by atoms with Crippen LogP contribution in [-0.2, 0) is 19.2 Å². The van der Waals surface area contributed by atoms with Gasteiger partial charge < -0.3 is 10.6 Å². The average molecular weight is 479 g/mol. The molecule has 4 amide bonds. The molecular formula is C26H30N4O5. The number of amides is 4. The summed E-state index contributed by atoms with van der Waals surface area (Å²) in [6, 6.07) is 10.7. The van der Waals surface area contributed by atoms with Crippen LogP contribution in [0.2, 0.25) is 0 Å². The van der Waals surface area contributed by atoms with E-state index in [-0.39, 0.29) is 18.0 Å². The van der Waals surface area contributed by atoms with Crippen LogP contribution in [0.3, 0.4) is 0 Å². The van der Waals surface area contributed by atoms with Gasteiger partial charge in [-0.2, -0.15) is 0 Å². The normalized spacial score (nSPS) is 19.1. The summed E-state index contributed by atoms with van der Waals surface area (Å²) in [6.45, 7) is 6.95. The number of carbonyl (C=O) groups is 5. The minimum Gasteiger partial charge on any atom is -0.346 e. The third-order valence-corrected chi connectivity index (χ3v) is 6.11. The van der Waals surface area contributed by atoms with E-state index in [1.807, 2.05) is 31.2 Å². The van der Waals surface area contributed by atoms with E-state index in [0.29, 0.717) is 0 Å². The summed E-state index contributed by atoms with van der Waals surface area (Å²) in [5.74, 6) is -4.82. The fourth-order valence-corrected chi connectivity index (χ4v) is 4.02. The Labute approximate surface area is 204 Å². The second-order valence-corrected chi connectivity index (χ2v) is 9.17. The van der Waals surface area contributed by atoms with Crippen molar-refractivity contribution >= 4 is 29.4 Å². The fraction of sp³-hybridized carbons (Fsp3) is 0.385. The van der Waals surface area contributed by atoms with Gasteiger partial charge in [-0.1, -0.05) is 56.7 Å². The van der Waals surface area contributed by atoms with Crippen LogP contribution >= 0.6 is 0 Å².